The predicted octanol–water partition coefficient (Wildman–Crippen LogP) is 5.97. The molecule has 4 rings (SSSR count). The van der Waals surface area contributed by atoms with Crippen molar-refractivity contribution in [3.05, 3.63) is 86.7 Å². The van der Waals surface area contributed by atoms with Gasteiger partial charge in [0.25, 0.3) is 5.91 Å². The fourth-order valence-electron chi connectivity index (χ4n) is 3.01. The highest BCUT2D eigenvalue weighted by Crippen LogP contribution is 2.38. The molecule has 0 aliphatic carbocycles. The van der Waals surface area contributed by atoms with Crippen LogP contribution < -0.4 is 14.2 Å². The molecule has 35 heavy (non-hydrogen) atoms. The van der Waals surface area contributed by atoms with Gasteiger partial charge in [0.1, 0.15) is 10.6 Å². The van der Waals surface area contributed by atoms with Crippen LogP contribution in [0.5, 0.6) is 11.5 Å². The van der Waals surface area contributed by atoms with E-state index in [9.17, 15) is 13.2 Å². The van der Waals surface area contributed by atoms with Crippen LogP contribution in [0.15, 0.2) is 75.5 Å². The third-order valence-electron chi connectivity index (χ3n) is 4.78. The number of aryl methyl sites for hydroxylation is 1. The van der Waals surface area contributed by atoms with Gasteiger partial charge >= 0.3 is 10.1 Å². The van der Waals surface area contributed by atoms with Crippen LogP contribution >= 0.6 is 35.0 Å². The summed E-state index contributed by atoms with van der Waals surface area (Å²) in [6.45, 7) is 1.84. The van der Waals surface area contributed by atoms with E-state index in [4.69, 9.17) is 32.1 Å². The van der Waals surface area contributed by atoms with Gasteiger partial charge in [-0.2, -0.15) is 8.42 Å². The van der Waals surface area contributed by atoms with Crippen LogP contribution in [0.3, 0.4) is 0 Å². The first kappa shape index (κ1) is 25.1. The standard InChI is InChI=1S/C24H18Cl2N2O5S2/c1-14-3-9-18(10-4-14)35(30,31)33-22-19(25)11-15(12-20(22)26)13-21-23(29)28-24(34-21)27-16-5-7-17(32-2)8-6-16/h3-13H,1-2H3,(H,27,28,29)/b21-13-. The van der Waals surface area contributed by atoms with E-state index < -0.39 is 10.1 Å². The molecule has 0 unspecified atom stereocenters. The molecule has 7 nitrogen and oxygen atoms in total. The number of nitrogens with one attached hydrogen (secondary N) is 1. The maximum absolute atomic E-state index is 12.6. The number of hydrogen-bond acceptors (Lipinski definition) is 7. The van der Waals surface area contributed by atoms with Crippen molar-refractivity contribution in [3.8, 4) is 11.5 Å². The molecule has 1 N–H and O–H groups in total. The Labute approximate surface area is 216 Å². The van der Waals surface area contributed by atoms with E-state index in [0.29, 0.717) is 27.1 Å². The zero-order valence-corrected chi connectivity index (χ0v) is 21.6. The maximum atomic E-state index is 12.6. The number of rotatable bonds is 6. The first-order valence-electron chi connectivity index (χ1n) is 10.1. The minimum atomic E-state index is -4.14. The Hall–Kier alpha value is -2.98. The number of thioether (sulfide) groups is 1. The summed E-state index contributed by atoms with van der Waals surface area (Å²) >= 11 is 13.7. The number of carbonyl (C=O) groups excluding carboxylic acids is 1. The number of aliphatic imine (C=N–C) groups is 1. The third-order valence-corrected chi connectivity index (χ3v) is 7.48. The van der Waals surface area contributed by atoms with Crippen molar-refractivity contribution in [2.24, 2.45) is 4.99 Å². The smallest absolute Gasteiger partial charge is 0.339 e. The molecule has 0 saturated carbocycles. The largest absolute Gasteiger partial charge is 0.497 e. The molecule has 180 valence electrons. The van der Waals surface area contributed by atoms with Gasteiger partial charge in [0, 0.05) is 0 Å². The number of amidine groups is 1. The molecule has 1 aliphatic rings. The molecule has 0 radical (unpaired) electrons. The molecule has 1 saturated heterocycles. The van der Waals surface area contributed by atoms with Gasteiger partial charge in [-0.1, -0.05) is 40.9 Å². The Morgan fingerprint density at radius 2 is 1.63 bits per heavy atom. The fourth-order valence-corrected chi connectivity index (χ4v) is 5.49. The summed E-state index contributed by atoms with van der Waals surface area (Å²) < 4.78 is 35.6. The number of hydrogen-bond donors (Lipinski definition) is 1. The van der Waals surface area contributed by atoms with Crippen molar-refractivity contribution < 1.29 is 22.1 Å². The molecule has 11 heteroatoms. The van der Waals surface area contributed by atoms with Crippen molar-refractivity contribution >= 4 is 67.9 Å². The van der Waals surface area contributed by atoms with Gasteiger partial charge in [-0.3, -0.25) is 4.79 Å². The van der Waals surface area contributed by atoms with Crippen molar-refractivity contribution in [1.82, 2.24) is 5.32 Å². The lowest BCUT2D eigenvalue weighted by Gasteiger charge is -2.11. The van der Waals surface area contributed by atoms with Crippen molar-refractivity contribution in [2.75, 3.05) is 7.11 Å². The zero-order chi connectivity index (χ0) is 25.2. The van der Waals surface area contributed by atoms with Gasteiger partial charge in [0.2, 0.25) is 0 Å². The topological polar surface area (TPSA) is 94.1 Å². The number of amides is 1. The van der Waals surface area contributed by atoms with Crippen LogP contribution in [-0.2, 0) is 14.9 Å². The summed E-state index contributed by atoms with van der Waals surface area (Å²) in [6.07, 6.45) is 1.58. The van der Waals surface area contributed by atoms with E-state index in [-0.39, 0.29) is 26.6 Å². The average Bonchev–Trinajstić information content (AvgIpc) is 3.15. The molecule has 0 spiro atoms. The number of methoxy groups -OCH3 is 1. The number of halogens is 2. The Bertz CT molecular complexity index is 1430. The highest BCUT2D eigenvalue weighted by Gasteiger charge is 2.25. The molecular formula is C24H18Cl2N2O5S2. The second-order valence-electron chi connectivity index (χ2n) is 7.34. The summed E-state index contributed by atoms with van der Waals surface area (Å²) in [5.41, 5.74) is 2.05. The fraction of sp³-hybridized carbons (Fsp3) is 0.0833. The van der Waals surface area contributed by atoms with Gasteiger partial charge in [-0.25, -0.2) is 4.99 Å². The Morgan fingerprint density at radius 1 is 1.00 bits per heavy atom. The molecule has 0 atom stereocenters. The number of nitrogens with zero attached hydrogens (tertiary/aromatic N) is 1. The van der Waals surface area contributed by atoms with Crippen LogP contribution in [0, 0.1) is 6.92 Å². The molecular weight excluding hydrogens is 531 g/mol. The van der Waals surface area contributed by atoms with E-state index >= 15 is 0 Å². The Morgan fingerprint density at radius 3 is 2.23 bits per heavy atom. The molecule has 0 bridgehead atoms. The quantitative estimate of drug-likeness (QED) is 0.301. The third kappa shape index (κ3) is 5.99. The summed E-state index contributed by atoms with van der Waals surface area (Å²) in [5, 5.41) is 3.07. The Balaban J connectivity index is 1.55. The van der Waals surface area contributed by atoms with Gasteiger partial charge in [-0.15, -0.1) is 0 Å². The van der Waals surface area contributed by atoms with Crippen LogP contribution in [0.1, 0.15) is 11.1 Å². The minimum absolute atomic E-state index is 0.0180. The molecule has 3 aromatic rings. The van der Waals surface area contributed by atoms with Crippen molar-refractivity contribution in [2.45, 2.75) is 11.8 Å². The molecule has 1 fully saturated rings. The predicted molar refractivity (Wildman–Crippen MR) is 139 cm³/mol. The van der Waals surface area contributed by atoms with Crippen LogP contribution in [0.4, 0.5) is 5.69 Å². The number of carbonyl (C=O) groups is 1. The summed E-state index contributed by atoms with van der Waals surface area (Å²) in [7, 11) is -2.56. The lowest BCUT2D eigenvalue weighted by molar-refractivity contribution is -0.115. The van der Waals surface area contributed by atoms with E-state index in [1.165, 1.54) is 24.3 Å². The van der Waals surface area contributed by atoms with Crippen molar-refractivity contribution in [3.63, 3.8) is 0 Å². The monoisotopic (exact) mass is 548 g/mol. The first-order valence-corrected chi connectivity index (χ1v) is 13.1. The van der Waals surface area contributed by atoms with E-state index in [2.05, 4.69) is 10.3 Å². The molecule has 1 amide bonds. The zero-order valence-electron chi connectivity index (χ0n) is 18.4. The van der Waals surface area contributed by atoms with Gasteiger partial charge in [0.15, 0.2) is 10.9 Å². The second kappa shape index (κ2) is 10.3. The van der Waals surface area contributed by atoms with E-state index in [1.807, 2.05) is 6.92 Å². The SMILES string of the molecule is COc1ccc(N=C2NC(=O)/C(=C/c3cc(Cl)c(OS(=O)(=O)c4ccc(C)cc4)c(Cl)c3)S2)cc1. The van der Waals surface area contributed by atoms with Gasteiger partial charge in [0.05, 0.1) is 27.7 Å². The Kier molecular flexibility index (Phi) is 7.42. The maximum Gasteiger partial charge on any atom is 0.339 e. The second-order valence-corrected chi connectivity index (χ2v) is 10.7. The van der Waals surface area contributed by atoms with E-state index in [0.717, 1.165) is 17.3 Å². The number of ether oxygens (including phenoxy) is 1. The molecule has 3 aromatic carbocycles. The summed E-state index contributed by atoms with van der Waals surface area (Å²) in [5.74, 6) is 0.170. The minimum Gasteiger partial charge on any atom is -0.497 e. The lowest BCUT2D eigenvalue weighted by Crippen LogP contribution is -2.19. The summed E-state index contributed by atoms with van der Waals surface area (Å²) in [4.78, 5) is 17.2. The summed E-state index contributed by atoms with van der Waals surface area (Å²) in [6, 6.07) is 16.2. The normalized spacial score (nSPS) is 15.9. The highest BCUT2D eigenvalue weighted by atomic mass is 35.5. The average molecular weight is 549 g/mol. The van der Waals surface area contributed by atoms with Crippen LogP contribution in [0.2, 0.25) is 10.0 Å². The van der Waals surface area contributed by atoms with Crippen molar-refractivity contribution in [1.29, 1.82) is 0 Å². The molecule has 1 aliphatic heterocycles. The lowest BCUT2D eigenvalue weighted by atomic mass is 10.2. The first-order chi connectivity index (χ1) is 16.6. The van der Waals surface area contributed by atoms with Gasteiger partial charge < -0.3 is 14.2 Å². The molecule has 0 aromatic heterocycles. The van der Waals surface area contributed by atoms with E-state index in [1.54, 1.807) is 49.6 Å². The van der Waals surface area contributed by atoms with Crippen LogP contribution in [-0.4, -0.2) is 26.6 Å². The number of benzene rings is 3. The van der Waals surface area contributed by atoms with Crippen LogP contribution in [0.25, 0.3) is 6.08 Å². The van der Waals surface area contributed by atoms with Gasteiger partial charge in [-0.05, 0) is 78.9 Å². The molecule has 1 heterocycles. The highest BCUT2D eigenvalue weighted by molar-refractivity contribution is 8.18.